The highest BCUT2D eigenvalue weighted by molar-refractivity contribution is 4.96. The summed E-state index contributed by atoms with van der Waals surface area (Å²) < 4.78 is 10.7. The average Bonchev–Trinajstić information content (AvgIpc) is 2.46. The number of hydrogen-bond donors (Lipinski definition) is 0. The molecule has 52 valence electrons. The third kappa shape index (κ3) is 0.864. The fourth-order valence-corrected chi connectivity index (χ4v) is 1.36. The van der Waals surface area contributed by atoms with Gasteiger partial charge in [0.2, 0.25) is 0 Å². The molecule has 2 unspecified atom stereocenters. The molecule has 0 saturated carbocycles. The van der Waals surface area contributed by atoms with Crippen LogP contribution in [0.15, 0.2) is 0 Å². The van der Waals surface area contributed by atoms with Crippen LogP contribution in [-0.2, 0) is 9.47 Å². The van der Waals surface area contributed by atoms with Crippen molar-refractivity contribution in [3.63, 3.8) is 0 Å². The molecule has 2 aliphatic rings. The monoisotopic (exact) mass is 128 g/mol. The van der Waals surface area contributed by atoms with E-state index in [0.29, 0.717) is 6.10 Å². The highest BCUT2D eigenvalue weighted by atomic mass is 16.6. The highest BCUT2D eigenvalue weighted by Crippen LogP contribution is 2.36. The van der Waals surface area contributed by atoms with E-state index in [0.717, 1.165) is 13.2 Å². The second kappa shape index (κ2) is 1.70. The second-order valence-corrected chi connectivity index (χ2v) is 3.10. The van der Waals surface area contributed by atoms with E-state index in [1.165, 1.54) is 12.8 Å². The van der Waals surface area contributed by atoms with Crippen molar-refractivity contribution in [2.75, 3.05) is 13.2 Å². The molecule has 2 heteroatoms. The molecular weight excluding hydrogens is 116 g/mol. The molecule has 2 nitrogen and oxygen atoms in total. The van der Waals surface area contributed by atoms with Crippen LogP contribution in [0.1, 0.15) is 19.8 Å². The second-order valence-electron chi connectivity index (χ2n) is 3.10. The zero-order valence-electron chi connectivity index (χ0n) is 5.72. The number of hydrogen-bond acceptors (Lipinski definition) is 2. The topological polar surface area (TPSA) is 21.8 Å². The Kier molecular flexibility index (Phi) is 1.08. The summed E-state index contributed by atoms with van der Waals surface area (Å²) in [6, 6.07) is 0. The molecule has 0 aliphatic carbocycles. The van der Waals surface area contributed by atoms with E-state index in [9.17, 15) is 0 Å². The first-order valence-electron chi connectivity index (χ1n) is 3.57. The zero-order valence-corrected chi connectivity index (χ0v) is 5.72. The molecule has 2 rings (SSSR count). The highest BCUT2D eigenvalue weighted by Gasteiger charge is 2.48. The summed E-state index contributed by atoms with van der Waals surface area (Å²) in [4.78, 5) is 0. The van der Waals surface area contributed by atoms with Crippen molar-refractivity contribution >= 4 is 0 Å². The van der Waals surface area contributed by atoms with Crippen molar-refractivity contribution in [2.45, 2.75) is 31.5 Å². The van der Waals surface area contributed by atoms with Crippen LogP contribution in [0.3, 0.4) is 0 Å². The SMILES string of the molecule is CC1(C2CCCO2)CO1. The Morgan fingerprint density at radius 2 is 2.33 bits per heavy atom. The molecule has 0 bridgehead atoms. The third-order valence-electron chi connectivity index (χ3n) is 2.21. The maximum absolute atomic E-state index is 5.45. The standard InChI is InChI=1S/C7H12O2/c1-7(5-9-7)6-3-2-4-8-6/h6H,2-5H2,1H3. The van der Waals surface area contributed by atoms with Crippen LogP contribution >= 0.6 is 0 Å². The van der Waals surface area contributed by atoms with Gasteiger partial charge in [-0.05, 0) is 19.8 Å². The Morgan fingerprint density at radius 3 is 2.78 bits per heavy atom. The fraction of sp³-hybridized carbons (Fsp3) is 1.00. The Balaban J connectivity index is 1.97. The van der Waals surface area contributed by atoms with Crippen molar-refractivity contribution in [3.05, 3.63) is 0 Å². The van der Waals surface area contributed by atoms with Gasteiger partial charge in [0, 0.05) is 6.61 Å². The number of rotatable bonds is 1. The fourth-order valence-electron chi connectivity index (χ4n) is 1.36. The van der Waals surface area contributed by atoms with Gasteiger partial charge in [-0.25, -0.2) is 0 Å². The maximum Gasteiger partial charge on any atom is 0.115 e. The quantitative estimate of drug-likeness (QED) is 0.490. The van der Waals surface area contributed by atoms with Crippen LogP contribution in [0.5, 0.6) is 0 Å². The minimum Gasteiger partial charge on any atom is -0.375 e. The lowest BCUT2D eigenvalue weighted by atomic mass is 10.0. The molecule has 0 aromatic heterocycles. The van der Waals surface area contributed by atoms with Gasteiger partial charge in [-0.3, -0.25) is 0 Å². The molecular formula is C7H12O2. The van der Waals surface area contributed by atoms with Crippen LogP contribution in [0.4, 0.5) is 0 Å². The van der Waals surface area contributed by atoms with E-state index in [1.54, 1.807) is 0 Å². The summed E-state index contributed by atoms with van der Waals surface area (Å²) in [5.41, 5.74) is 0.108. The van der Waals surface area contributed by atoms with E-state index >= 15 is 0 Å². The van der Waals surface area contributed by atoms with Crippen LogP contribution in [0.25, 0.3) is 0 Å². The predicted molar refractivity (Wildman–Crippen MR) is 33.3 cm³/mol. The minimum atomic E-state index is 0.108. The Labute approximate surface area is 55.1 Å². The van der Waals surface area contributed by atoms with Crippen LogP contribution in [0.2, 0.25) is 0 Å². The summed E-state index contributed by atoms with van der Waals surface area (Å²) >= 11 is 0. The van der Waals surface area contributed by atoms with Gasteiger partial charge in [0.05, 0.1) is 12.7 Å². The van der Waals surface area contributed by atoms with E-state index < -0.39 is 0 Å². The lowest BCUT2D eigenvalue weighted by molar-refractivity contribution is 0.0486. The van der Waals surface area contributed by atoms with Crippen LogP contribution in [-0.4, -0.2) is 24.9 Å². The first-order valence-corrected chi connectivity index (χ1v) is 3.57. The predicted octanol–water partition coefficient (Wildman–Crippen LogP) is 0.954. The summed E-state index contributed by atoms with van der Waals surface area (Å²) in [5, 5.41) is 0. The van der Waals surface area contributed by atoms with Gasteiger partial charge in [-0.1, -0.05) is 0 Å². The van der Waals surface area contributed by atoms with Crippen molar-refractivity contribution in [1.29, 1.82) is 0 Å². The summed E-state index contributed by atoms with van der Waals surface area (Å²) in [6.45, 7) is 3.96. The summed E-state index contributed by atoms with van der Waals surface area (Å²) in [7, 11) is 0. The van der Waals surface area contributed by atoms with Gasteiger partial charge < -0.3 is 9.47 Å². The molecule has 2 saturated heterocycles. The molecule has 2 heterocycles. The first-order chi connectivity index (χ1) is 4.31. The van der Waals surface area contributed by atoms with Crippen LogP contribution < -0.4 is 0 Å². The summed E-state index contributed by atoms with van der Waals surface area (Å²) in [5.74, 6) is 0. The molecule has 0 aromatic carbocycles. The lowest BCUT2D eigenvalue weighted by Crippen LogP contribution is -2.25. The van der Waals surface area contributed by atoms with Gasteiger partial charge in [-0.2, -0.15) is 0 Å². The van der Waals surface area contributed by atoms with Gasteiger partial charge in [0.15, 0.2) is 0 Å². The van der Waals surface area contributed by atoms with Crippen molar-refractivity contribution < 1.29 is 9.47 Å². The molecule has 2 atom stereocenters. The van der Waals surface area contributed by atoms with E-state index in [4.69, 9.17) is 9.47 Å². The van der Waals surface area contributed by atoms with E-state index in [2.05, 4.69) is 6.92 Å². The number of ether oxygens (including phenoxy) is 2. The van der Waals surface area contributed by atoms with Gasteiger partial charge in [0.1, 0.15) is 5.60 Å². The van der Waals surface area contributed by atoms with Crippen molar-refractivity contribution in [3.8, 4) is 0 Å². The largest absolute Gasteiger partial charge is 0.375 e. The maximum atomic E-state index is 5.45. The van der Waals surface area contributed by atoms with Gasteiger partial charge >= 0.3 is 0 Å². The average molecular weight is 128 g/mol. The molecule has 2 aliphatic heterocycles. The normalized spacial score (nSPS) is 49.7. The van der Waals surface area contributed by atoms with Gasteiger partial charge in [-0.15, -0.1) is 0 Å². The minimum absolute atomic E-state index is 0.108. The third-order valence-corrected chi connectivity index (χ3v) is 2.21. The van der Waals surface area contributed by atoms with E-state index in [-0.39, 0.29) is 5.60 Å². The Bertz CT molecular complexity index is 112. The molecule has 0 radical (unpaired) electrons. The lowest BCUT2D eigenvalue weighted by Gasteiger charge is -2.12. The van der Waals surface area contributed by atoms with Crippen molar-refractivity contribution in [1.82, 2.24) is 0 Å². The number of epoxide rings is 1. The van der Waals surface area contributed by atoms with Crippen LogP contribution in [0, 0.1) is 0 Å². The molecule has 0 N–H and O–H groups in total. The Morgan fingerprint density at radius 1 is 1.56 bits per heavy atom. The molecule has 0 aromatic rings. The molecule has 0 amide bonds. The molecule has 9 heavy (non-hydrogen) atoms. The zero-order chi connectivity index (χ0) is 6.32. The van der Waals surface area contributed by atoms with Gasteiger partial charge in [0.25, 0.3) is 0 Å². The summed E-state index contributed by atoms with van der Waals surface area (Å²) in [6.07, 6.45) is 2.80. The first kappa shape index (κ1) is 5.69. The smallest absolute Gasteiger partial charge is 0.115 e. The molecule has 0 spiro atoms. The van der Waals surface area contributed by atoms with Crippen molar-refractivity contribution in [2.24, 2.45) is 0 Å². The molecule has 2 fully saturated rings. The Hall–Kier alpha value is -0.0800. The van der Waals surface area contributed by atoms with E-state index in [1.807, 2.05) is 0 Å².